The molecule has 0 saturated heterocycles. The highest BCUT2D eigenvalue weighted by Gasteiger charge is 2.28. The van der Waals surface area contributed by atoms with E-state index in [0.717, 1.165) is 61.9 Å². The Labute approximate surface area is 204 Å². The number of rotatable bonds is 11. The normalized spacial score (nSPS) is 19.4. The maximum Gasteiger partial charge on any atom is 0.122 e. The minimum Gasteiger partial charge on any atom is -0.491 e. The third kappa shape index (κ3) is 5.59. The molecule has 34 heavy (non-hydrogen) atoms. The van der Waals surface area contributed by atoms with Gasteiger partial charge in [0.25, 0.3) is 0 Å². The summed E-state index contributed by atoms with van der Waals surface area (Å²) in [6, 6.07) is 10.6. The zero-order valence-electron chi connectivity index (χ0n) is 21.3. The number of fused-ring (bicyclic) bond motifs is 1. The Morgan fingerprint density at radius 2 is 1.76 bits per heavy atom. The quantitative estimate of drug-likeness (QED) is 0.408. The third-order valence-electron chi connectivity index (χ3n) is 7.02. The molecule has 0 radical (unpaired) electrons. The molecule has 0 fully saturated rings. The summed E-state index contributed by atoms with van der Waals surface area (Å²) in [5.74, 6) is 1.01. The number of allylic oxidation sites excluding steroid dienone is 1. The fourth-order valence-corrected chi connectivity index (χ4v) is 4.99. The predicted molar refractivity (Wildman–Crippen MR) is 140 cm³/mol. The molecule has 0 saturated carbocycles. The van der Waals surface area contributed by atoms with E-state index >= 15 is 0 Å². The molecule has 1 atom stereocenters. The van der Waals surface area contributed by atoms with Crippen LogP contribution in [-0.2, 0) is 23.1 Å². The van der Waals surface area contributed by atoms with Gasteiger partial charge in [0.05, 0.1) is 24.6 Å². The molecule has 1 aromatic heterocycles. The fraction of sp³-hybridized carbons (Fsp3) is 0.517. The molecule has 0 bridgehead atoms. The minimum atomic E-state index is -0.380. The number of likely N-dealkylation sites (N-methyl/N-ethyl adjacent to an activating group) is 1. The van der Waals surface area contributed by atoms with E-state index in [-0.39, 0.29) is 5.54 Å². The third-order valence-corrected chi connectivity index (χ3v) is 7.02. The van der Waals surface area contributed by atoms with Crippen molar-refractivity contribution in [1.82, 2.24) is 9.88 Å². The number of benzene rings is 1. The van der Waals surface area contributed by atoms with E-state index in [1.807, 2.05) is 6.92 Å². The van der Waals surface area contributed by atoms with Gasteiger partial charge in [-0.1, -0.05) is 19.9 Å². The number of nitrogens with zero attached hydrogens (tertiary/aromatic N) is 3. The lowest BCUT2D eigenvalue weighted by atomic mass is 9.86. The van der Waals surface area contributed by atoms with Crippen molar-refractivity contribution in [3.63, 3.8) is 0 Å². The second-order valence-electron chi connectivity index (χ2n) is 9.41. The number of aromatic nitrogens is 1. The summed E-state index contributed by atoms with van der Waals surface area (Å²) in [6.45, 7) is 13.6. The highest BCUT2D eigenvalue weighted by atomic mass is 16.5. The molecule has 2 aliphatic rings. The predicted octanol–water partition coefficient (Wildman–Crippen LogP) is 5.61. The zero-order chi connectivity index (χ0) is 24.0. The van der Waals surface area contributed by atoms with Crippen molar-refractivity contribution in [2.45, 2.75) is 58.9 Å². The van der Waals surface area contributed by atoms with Gasteiger partial charge < -0.3 is 14.4 Å². The van der Waals surface area contributed by atoms with Gasteiger partial charge in [-0.3, -0.25) is 4.99 Å². The van der Waals surface area contributed by atoms with Gasteiger partial charge in [0.15, 0.2) is 0 Å². The second kappa shape index (κ2) is 11.3. The molecule has 182 valence electrons. The minimum absolute atomic E-state index is 0.380. The van der Waals surface area contributed by atoms with Crippen LogP contribution < -0.4 is 4.74 Å². The Kier molecular flexibility index (Phi) is 8.17. The molecule has 4 rings (SSSR count). The van der Waals surface area contributed by atoms with Crippen molar-refractivity contribution < 1.29 is 9.47 Å². The van der Waals surface area contributed by atoms with E-state index in [0.29, 0.717) is 13.2 Å². The Morgan fingerprint density at radius 3 is 2.50 bits per heavy atom. The molecular formula is C29H39N3O2. The van der Waals surface area contributed by atoms with E-state index in [1.165, 1.54) is 29.5 Å². The summed E-state index contributed by atoms with van der Waals surface area (Å²) in [4.78, 5) is 12.3. The molecule has 1 aliphatic heterocycles. The maximum absolute atomic E-state index is 6.20. The zero-order valence-corrected chi connectivity index (χ0v) is 21.3. The summed E-state index contributed by atoms with van der Waals surface area (Å²) in [6.07, 6.45) is 8.77. The number of hydrogen-bond donors (Lipinski definition) is 0. The van der Waals surface area contributed by atoms with Crippen molar-refractivity contribution in [2.75, 3.05) is 39.5 Å². The topological polar surface area (TPSA) is 47.0 Å². The van der Waals surface area contributed by atoms with Crippen molar-refractivity contribution >= 4 is 5.71 Å². The average Bonchev–Trinajstić information content (AvgIpc) is 3.23. The molecule has 0 N–H and O–H groups in total. The molecule has 1 aromatic carbocycles. The van der Waals surface area contributed by atoms with Crippen LogP contribution in [0.25, 0.3) is 11.3 Å². The van der Waals surface area contributed by atoms with Crippen LogP contribution in [0.15, 0.2) is 47.5 Å². The molecule has 2 heterocycles. The van der Waals surface area contributed by atoms with Gasteiger partial charge in [0.1, 0.15) is 17.9 Å². The van der Waals surface area contributed by atoms with Crippen molar-refractivity contribution in [1.29, 1.82) is 0 Å². The van der Waals surface area contributed by atoms with E-state index in [1.54, 1.807) is 0 Å². The molecule has 1 aliphatic carbocycles. The van der Waals surface area contributed by atoms with Gasteiger partial charge in [-0.25, -0.2) is 4.98 Å². The number of aliphatic imine (C=N–C) groups is 1. The smallest absolute Gasteiger partial charge is 0.122 e. The van der Waals surface area contributed by atoms with Crippen LogP contribution in [0, 0.1) is 0 Å². The summed E-state index contributed by atoms with van der Waals surface area (Å²) in [7, 11) is 0. The lowest BCUT2D eigenvalue weighted by molar-refractivity contribution is 0.0816. The molecule has 0 amide bonds. The molecule has 2 aromatic rings. The van der Waals surface area contributed by atoms with Crippen molar-refractivity contribution in [3.05, 3.63) is 59.3 Å². The van der Waals surface area contributed by atoms with E-state index in [4.69, 9.17) is 19.5 Å². The standard InChI is InChI=1S/C29H39N3O2/c1-5-32(6-2)18-19-33-20-21-34-27-15-14-24(23-10-7-8-11-25(23)27)26-12-9-13-28(30-26)29(4)17-16-22(3)31-29/h9,12-17H,5-8,10-11,18-21H2,1-4H3. The number of pyridine rings is 1. The van der Waals surface area contributed by atoms with Gasteiger partial charge >= 0.3 is 0 Å². The van der Waals surface area contributed by atoms with Crippen molar-refractivity contribution in [3.8, 4) is 17.0 Å². The van der Waals surface area contributed by atoms with Gasteiger partial charge in [0, 0.05) is 17.8 Å². The Hall–Kier alpha value is -2.50. The van der Waals surface area contributed by atoms with Crippen LogP contribution in [0.5, 0.6) is 5.75 Å². The Bertz CT molecular complexity index is 1040. The Morgan fingerprint density at radius 1 is 0.971 bits per heavy atom. The lowest BCUT2D eigenvalue weighted by Crippen LogP contribution is -2.27. The number of hydrogen-bond acceptors (Lipinski definition) is 5. The SMILES string of the molecule is CCN(CC)CCOCCOc1ccc(-c2cccc(C3(C)C=CC(C)=N3)n2)c2c1CCCC2. The largest absolute Gasteiger partial charge is 0.491 e. The van der Waals surface area contributed by atoms with Gasteiger partial charge in [0.2, 0.25) is 0 Å². The summed E-state index contributed by atoms with van der Waals surface area (Å²) >= 11 is 0. The first-order valence-electron chi connectivity index (χ1n) is 12.8. The maximum atomic E-state index is 6.20. The van der Waals surface area contributed by atoms with Gasteiger partial charge in [-0.2, -0.15) is 0 Å². The molecule has 0 spiro atoms. The highest BCUT2D eigenvalue weighted by molar-refractivity contribution is 5.95. The molecular weight excluding hydrogens is 422 g/mol. The summed E-state index contributed by atoms with van der Waals surface area (Å²) in [5, 5.41) is 0. The van der Waals surface area contributed by atoms with E-state index in [9.17, 15) is 0 Å². The first-order valence-corrected chi connectivity index (χ1v) is 12.8. The van der Waals surface area contributed by atoms with Gasteiger partial charge in [-0.05, 0) is 100 Å². The lowest BCUT2D eigenvalue weighted by Gasteiger charge is -2.24. The van der Waals surface area contributed by atoms with Crippen LogP contribution in [-0.4, -0.2) is 55.1 Å². The molecule has 5 heteroatoms. The van der Waals surface area contributed by atoms with E-state index in [2.05, 4.69) is 68.2 Å². The monoisotopic (exact) mass is 461 g/mol. The van der Waals surface area contributed by atoms with E-state index < -0.39 is 0 Å². The second-order valence-corrected chi connectivity index (χ2v) is 9.41. The van der Waals surface area contributed by atoms with Crippen molar-refractivity contribution in [2.24, 2.45) is 4.99 Å². The van der Waals surface area contributed by atoms with Crippen LogP contribution in [0.4, 0.5) is 0 Å². The average molecular weight is 462 g/mol. The van der Waals surface area contributed by atoms with Crippen LogP contribution in [0.3, 0.4) is 0 Å². The summed E-state index contributed by atoms with van der Waals surface area (Å²) < 4.78 is 12.0. The fourth-order valence-electron chi connectivity index (χ4n) is 4.99. The van der Waals surface area contributed by atoms with Gasteiger partial charge in [-0.15, -0.1) is 0 Å². The van der Waals surface area contributed by atoms with Crippen LogP contribution in [0.2, 0.25) is 0 Å². The first kappa shape index (κ1) is 24.6. The number of ether oxygens (including phenoxy) is 2. The van der Waals surface area contributed by atoms with Crippen LogP contribution in [0.1, 0.15) is 57.4 Å². The molecule has 1 unspecified atom stereocenters. The highest BCUT2D eigenvalue weighted by Crippen LogP contribution is 2.38. The Balaban J connectivity index is 1.47. The van der Waals surface area contributed by atoms with Crippen LogP contribution >= 0.6 is 0 Å². The first-order chi connectivity index (χ1) is 16.5. The molecule has 5 nitrogen and oxygen atoms in total. The summed E-state index contributed by atoms with van der Waals surface area (Å²) in [5.41, 5.74) is 6.65.